The second-order valence-electron chi connectivity index (χ2n) is 20.4. The SMILES string of the molecule is C[C@@H]1CN(CC[C@H]2COc3cc(S(=O)(=O)NC(=O)c4ccc(N5CCN(CC6=C(c7ccc(Cl)cc7)CC(C)(C)CC6)CC5)cc4Oc4cnc5[nH]ccc5c4)cc([N+](=O)[O-])c3C2)CCN1C1COC1. The fourth-order valence-electron chi connectivity index (χ4n) is 10.8. The van der Waals surface area contributed by atoms with Crippen molar-refractivity contribution in [1.29, 1.82) is 0 Å². The highest BCUT2D eigenvalue weighted by atomic mass is 35.5. The van der Waals surface area contributed by atoms with E-state index in [0.29, 0.717) is 42.1 Å². The van der Waals surface area contributed by atoms with E-state index in [0.717, 1.165) is 120 Å². The standard InChI is InChI=1S/C52H61ClN8O8S/c1-34-29-57(18-21-60(34)41-32-67-33-41)15-12-35-22-45-47(61(63)64)25-43(26-48(45)68-31-35)70(65,66)56-51(62)44-9-8-40(24-49(44)69-42-23-37-11-14-54-50(37)55-28-42)59-19-16-58(17-20-59)30-38-10-13-52(2,3)27-46(38)36-4-6-39(53)7-5-36/h4-9,11,14,23-26,28,34-35,41H,10,12-13,15-22,27,29-33H2,1-3H3,(H,54,55)(H,56,62)/t34-,35-/m1/s1. The van der Waals surface area contributed by atoms with Crippen molar-refractivity contribution < 1.29 is 32.3 Å². The molecule has 6 heterocycles. The predicted octanol–water partition coefficient (Wildman–Crippen LogP) is 8.17. The van der Waals surface area contributed by atoms with Crippen LogP contribution in [0.5, 0.6) is 17.2 Å². The molecule has 0 spiro atoms. The number of fused-ring (bicyclic) bond motifs is 2. The highest BCUT2D eigenvalue weighted by molar-refractivity contribution is 7.90. The first-order valence-corrected chi connectivity index (χ1v) is 26.3. The fourth-order valence-corrected chi connectivity index (χ4v) is 11.9. The van der Waals surface area contributed by atoms with Crippen LogP contribution in [0, 0.1) is 21.4 Å². The van der Waals surface area contributed by atoms with E-state index in [-0.39, 0.29) is 34.1 Å². The number of nitro groups is 1. The molecule has 5 aliphatic rings. The molecule has 0 saturated carbocycles. The molecule has 1 amide bonds. The number of H-pyrrole nitrogens is 1. The van der Waals surface area contributed by atoms with Gasteiger partial charge < -0.3 is 29.0 Å². The van der Waals surface area contributed by atoms with Crippen LogP contribution >= 0.6 is 11.6 Å². The Labute approximate surface area is 414 Å². The molecule has 3 fully saturated rings. The number of nitrogens with one attached hydrogen (secondary N) is 2. The summed E-state index contributed by atoms with van der Waals surface area (Å²) in [6, 6.07) is 20.1. The van der Waals surface area contributed by atoms with Crippen LogP contribution in [0.2, 0.25) is 5.02 Å². The molecule has 3 aromatic carbocycles. The van der Waals surface area contributed by atoms with Gasteiger partial charge in [0, 0.05) is 98.9 Å². The lowest BCUT2D eigenvalue weighted by molar-refractivity contribution is -0.386. The predicted molar refractivity (Wildman–Crippen MR) is 270 cm³/mol. The molecular weight excluding hydrogens is 932 g/mol. The van der Waals surface area contributed by atoms with Gasteiger partial charge in [0.1, 0.15) is 22.9 Å². The normalized spacial score (nSPS) is 21.5. The van der Waals surface area contributed by atoms with Gasteiger partial charge in [-0.15, -0.1) is 0 Å². The zero-order chi connectivity index (χ0) is 48.7. The average Bonchev–Trinajstić information content (AvgIpc) is 3.79. The smallest absolute Gasteiger partial charge is 0.277 e. The van der Waals surface area contributed by atoms with E-state index >= 15 is 0 Å². The van der Waals surface area contributed by atoms with Crippen molar-refractivity contribution in [2.45, 2.75) is 69.9 Å². The topological polar surface area (TPSA) is 176 Å². The first-order chi connectivity index (χ1) is 33.6. The van der Waals surface area contributed by atoms with Gasteiger partial charge in [-0.2, -0.15) is 0 Å². The molecule has 70 heavy (non-hydrogen) atoms. The third kappa shape index (κ3) is 10.6. The summed E-state index contributed by atoms with van der Waals surface area (Å²) in [6.07, 6.45) is 7.64. The summed E-state index contributed by atoms with van der Waals surface area (Å²) in [4.78, 5) is 42.8. The Morgan fingerprint density at radius 2 is 1.79 bits per heavy atom. The molecular formula is C52H61ClN8O8S. The van der Waals surface area contributed by atoms with Crippen LogP contribution < -0.4 is 19.1 Å². The Bertz CT molecular complexity index is 2910. The Kier molecular flexibility index (Phi) is 13.7. The molecule has 3 saturated heterocycles. The van der Waals surface area contributed by atoms with Crippen LogP contribution in [0.1, 0.15) is 67.9 Å². The fraction of sp³-hybridized carbons (Fsp3) is 0.462. The van der Waals surface area contributed by atoms with E-state index in [9.17, 15) is 23.3 Å². The van der Waals surface area contributed by atoms with E-state index in [1.54, 1.807) is 30.5 Å². The van der Waals surface area contributed by atoms with Crippen molar-refractivity contribution in [2.75, 3.05) is 83.6 Å². The van der Waals surface area contributed by atoms with Gasteiger partial charge in [0.2, 0.25) is 0 Å². The molecule has 5 aromatic rings. The van der Waals surface area contributed by atoms with E-state index in [2.05, 4.69) is 67.2 Å². The summed E-state index contributed by atoms with van der Waals surface area (Å²) in [7, 11) is -4.64. The molecule has 1 aliphatic carbocycles. The zero-order valence-electron chi connectivity index (χ0n) is 40.0. The second-order valence-corrected chi connectivity index (χ2v) is 22.5. The minimum Gasteiger partial charge on any atom is -0.493 e. The van der Waals surface area contributed by atoms with Gasteiger partial charge in [0.15, 0.2) is 0 Å². The first-order valence-electron chi connectivity index (χ1n) is 24.4. The number of nitrogens with zero attached hydrogens (tertiary/aromatic N) is 6. The summed E-state index contributed by atoms with van der Waals surface area (Å²) in [5.41, 5.74) is 5.75. The van der Waals surface area contributed by atoms with Crippen molar-refractivity contribution in [2.24, 2.45) is 11.3 Å². The lowest BCUT2D eigenvalue weighted by atomic mass is 9.72. The minimum atomic E-state index is -4.64. The van der Waals surface area contributed by atoms with E-state index in [1.807, 2.05) is 18.2 Å². The number of amides is 1. The number of anilines is 1. The summed E-state index contributed by atoms with van der Waals surface area (Å²) >= 11 is 6.26. The number of ether oxygens (including phenoxy) is 3. The van der Waals surface area contributed by atoms with Gasteiger partial charge >= 0.3 is 0 Å². The number of aromatic nitrogens is 2. The molecule has 16 nitrogen and oxygen atoms in total. The van der Waals surface area contributed by atoms with Crippen molar-refractivity contribution in [3.8, 4) is 17.2 Å². The van der Waals surface area contributed by atoms with E-state index in [1.165, 1.54) is 29.0 Å². The number of hydrogen-bond acceptors (Lipinski definition) is 13. The number of pyridine rings is 1. The van der Waals surface area contributed by atoms with Gasteiger partial charge in [-0.25, -0.2) is 18.1 Å². The lowest BCUT2D eigenvalue weighted by Crippen LogP contribution is -2.60. The van der Waals surface area contributed by atoms with Gasteiger partial charge in [-0.05, 0) is 104 Å². The Morgan fingerprint density at radius 3 is 2.53 bits per heavy atom. The maximum atomic E-state index is 14.2. The number of benzene rings is 3. The monoisotopic (exact) mass is 992 g/mol. The molecule has 0 bridgehead atoms. The molecule has 2 atom stereocenters. The van der Waals surface area contributed by atoms with Crippen LogP contribution in [0.25, 0.3) is 16.6 Å². The average molecular weight is 994 g/mol. The number of aromatic amines is 1. The van der Waals surface area contributed by atoms with Gasteiger partial charge in [0.25, 0.3) is 21.6 Å². The molecule has 10 rings (SSSR count). The number of carbonyl (C=O) groups is 1. The van der Waals surface area contributed by atoms with E-state index in [4.69, 9.17) is 25.8 Å². The number of nitro benzene ring substituents is 1. The Hall–Kier alpha value is -5.56. The molecule has 0 radical (unpaired) electrons. The number of sulfonamides is 1. The van der Waals surface area contributed by atoms with Crippen molar-refractivity contribution >= 4 is 55.5 Å². The van der Waals surface area contributed by atoms with Crippen LogP contribution in [0.15, 0.2) is 89.6 Å². The number of carbonyl (C=O) groups excluding carboxylic acids is 1. The van der Waals surface area contributed by atoms with Crippen LogP contribution in [0.3, 0.4) is 0 Å². The minimum absolute atomic E-state index is 0.0150. The maximum absolute atomic E-state index is 14.2. The third-order valence-corrected chi connectivity index (χ3v) is 16.5. The summed E-state index contributed by atoms with van der Waals surface area (Å²) in [5.74, 6) is -0.335. The number of hydrogen-bond donors (Lipinski definition) is 2. The number of allylic oxidation sites excluding steroid dienone is 1. The second kappa shape index (κ2) is 19.9. The van der Waals surface area contributed by atoms with Crippen molar-refractivity contribution in [3.05, 3.63) is 117 Å². The third-order valence-electron chi connectivity index (χ3n) is 14.9. The summed E-state index contributed by atoms with van der Waals surface area (Å²) < 4.78 is 48.1. The van der Waals surface area contributed by atoms with Crippen LogP contribution in [-0.4, -0.2) is 135 Å². The van der Waals surface area contributed by atoms with Gasteiger partial charge in [-0.1, -0.05) is 43.2 Å². The highest BCUT2D eigenvalue weighted by Gasteiger charge is 2.36. The lowest BCUT2D eigenvalue weighted by Gasteiger charge is -2.46. The van der Waals surface area contributed by atoms with Crippen LogP contribution in [-0.2, 0) is 21.2 Å². The molecule has 2 aromatic heterocycles. The quantitative estimate of drug-likeness (QED) is 0.0806. The summed E-state index contributed by atoms with van der Waals surface area (Å²) in [5, 5.41) is 14.0. The Balaban J connectivity index is 0.837. The zero-order valence-corrected chi connectivity index (χ0v) is 41.6. The molecule has 2 N–H and O–H groups in total. The number of rotatable bonds is 14. The van der Waals surface area contributed by atoms with Gasteiger partial charge in [-0.3, -0.25) is 24.7 Å². The molecule has 4 aliphatic heterocycles. The summed E-state index contributed by atoms with van der Waals surface area (Å²) in [6.45, 7) is 16.4. The number of piperazine rings is 2. The largest absolute Gasteiger partial charge is 0.493 e. The maximum Gasteiger partial charge on any atom is 0.277 e. The molecule has 0 unspecified atom stereocenters. The van der Waals surface area contributed by atoms with Gasteiger partial charge in [0.05, 0.1) is 53.0 Å². The molecule has 18 heteroatoms. The van der Waals surface area contributed by atoms with Crippen LogP contribution in [0.4, 0.5) is 11.4 Å². The Morgan fingerprint density at radius 1 is 1.00 bits per heavy atom. The van der Waals surface area contributed by atoms with Crippen molar-refractivity contribution in [3.63, 3.8) is 0 Å². The van der Waals surface area contributed by atoms with Crippen molar-refractivity contribution in [1.82, 2.24) is 29.4 Å². The molecule has 370 valence electrons. The number of halogens is 1. The van der Waals surface area contributed by atoms with E-state index < -0.39 is 25.7 Å². The highest BCUT2D eigenvalue weighted by Crippen LogP contribution is 2.44. The first kappa shape index (κ1) is 48.1.